The molecule has 3 fully saturated rings. The molecular weight excluding hydrogens is 564 g/mol. The van der Waals surface area contributed by atoms with Gasteiger partial charge >= 0.3 is 0 Å². The number of β-lactam (4-membered cyclic amide) rings is 1. The highest BCUT2D eigenvalue weighted by atomic mass is 16.7. The van der Waals surface area contributed by atoms with Gasteiger partial charge in [-0.15, -0.1) is 0 Å². The van der Waals surface area contributed by atoms with Crippen LogP contribution >= 0.6 is 0 Å². The van der Waals surface area contributed by atoms with Crippen LogP contribution in [0.2, 0.25) is 0 Å². The lowest BCUT2D eigenvalue weighted by Crippen LogP contribution is -2.70. The molecule has 3 saturated heterocycles. The van der Waals surface area contributed by atoms with Crippen molar-refractivity contribution in [1.29, 1.82) is 0 Å². The van der Waals surface area contributed by atoms with Gasteiger partial charge in [-0.2, -0.15) is 5.10 Å². The zero-order valence-electron chi connectivity index (χ0n) is 25.8. The molecule has 3 atom stereocenters. The standard InChI is InChI=1S/C33H42N4O7/c1-30(2)41-19-33(40,20-42-30)29-32(39,18-43-31(3,4)44-29)16-15-23-5-10-24(11-6-23)26-17-28(38)37(26)25-12-7-22(8-13-25)9-14-27-34-21-35-36-27/h5-8,10-13,21,26,29,39-40H,9,14-20H2,1-4H3,(H,34,35,36). The SMILES string of the molecule is CC1(C)OCC(O)(C2OC(C)(C)OCC2(O)CCc2ccc(C3CC(=O)N3c3ccc(CCc4ncn[nH]4)cc3)cc2)CO1. The number of amides is 1. The average molecular weight is 607 g/mol. The van der Waals surface area contributed by atoms with Crippen molar-refractivity contribution in [2.75, 3.05) is 24.7 Å². The van der Waals surface area contributed by atoms with E-state index in [4.69, 9.17) is 18.9 Å². The second-order valence-corrected chi connectivity index (χ2v) is 13.2. The molecule has 0 aliphatic carbocycles. The van der Waals surface area contributed by atoms with Crippen molar-refractivity contribution in [3.63, 3.8) is 0 Å². The van der Waals surface area contributed by atoms with E-state index in [0.717, 1.165) is 35.5 Å². The van der Waals surface area contributed by atoms with Crippen molar-refractivity contribution in [3.05, 3.63) is 77.4 Å². The normalized spacial score (nSPS) is 27.6. The fourth-order valence-electron chi connectivity index (χ4n) is 6.16. The average Bonchev–Trinajstić information content (AvgIpc) is 3.52. The summed E-state index contributed by atoms with van der Waals surface area (Å²) in [7, 11) is 0. The Morgan fingerprint density at radius 1 is 0.864 bits per heavy atom. The number of H-pyrrole nitrogens is 1. The van der Waals surface area contributed by atoms with E-state index in [0.29, 0.717) is 19.3 Å². The number of carbonyl (C=O) groups excluding carboxylic acids is 1. The number of nitrogens with zero attached hydrogens (tertiary/aromatic N) is 3. The predicted molar refractivity (Wildman–Crippen MR) is 161 cm³/mol. The van der Waals surface area contributed by atoms with Crippen LogP contribution in [0.4, 0.5) is 5.69 Å². The number of benzene rings is 2. The number of ether oxygens (including phenoxy) is 4. The third-order valence-corrected chi connectivity index (χ3v) is 8.88. The van der Waals surface area contributed by atoms with E-state index >= 15 is 0 Å². The summed E-state index contributed by atoms with van der Waals surface area (Å²) in [6.07, 6.45) is 3.43. The number of hydrogen-bond acceptors (Lipinski definition) is 9. The van der Waals surface area contributed by atoms with Crippen LogP contribution in [-0.4, -0.2) is 80.0 Å². The van der Waals surface area contributed by atoms with Gasteiger partial charge < -0.3 is 34.1 Å². The molecule has 11 heteroatoms. The highest BCUT2D eigenvalue weighted by Gasteiger charge is 2.58. The topological polar surface area (TPSA) is 139 Å². The fraction of sp³-hybridized carbons (Fsp3) is 0.545. The molecule has 0 radical (unpaired) electrons. The lowest BCUT2D eigenvalue weighted by molar-refractivity contribution is -0.394. The third kappa shape index (κ3) is 6.44. The minimum atomic E-state index is -1.54. The number of aryl methyl sites for hydroxylation is 3. The van der Waals surface area contributed by atoms with Crippen LogP contribution in [-0.2, 0) is 43.0 Å². The molecule has 3 unspecified atom stereocenters. The number of hydrogen-bond donors (Lipinski definition) is 3. The monoisotopic (exact) mass is 606 g/mol. The molecule has 3 N–H and O–H groups in total. The summed E-state index contributed by atoms with van der Waals surface area (Å²) in [6.45, 7) is 7.05. The Labute approximate surface area is 257 Å². The van der Waals surface area contributed by atoms with Gasteiger partial charge in [0.2, 0.25) is 5.91 Å². The van der Waals surface area contributed by atoms with Gasteiger partial charge in [0.05, 0.1) is 32.3 Å². The van der Waals surface area contributed by atoms with Gasteiger partial charge in [-0.3, -0.25) is 9.89 Å². The first-order valence-electron chi connectivity index (χ1n) is 15.2. The highest BCUT2D eigenvalue weighted by molar-refractivity contribution is 6.01. The number of carbonyl (C=O) groups is 1. The van der Waals surface area contributed by atoms with E-state index in [-0.39, 0.29) is 31.8 Å². The number of aromatic amines is 1. The molecule has 3 aromatic rings. The molecule has 236 valence electrons. The van der Waals surface area contributed by atoms with Gasteiger partial charge in [0.25, 0.3) is 0 Å². The minimum absolute atomic E-state index is 0.00639. The second-order valence-electron chi connectivity index (χ2n) is 13.2. The van der Waals surface area contributed by atoms with Gasteiger partial charge in [-0.1, -0.05) is 36.4 Å². The third-order valence-electron chi connectivity index (χ3n) is 8.88. The molecule has 3 aliphatic heterocycles. The quantitative estimate of drug-likeness (QED) is 0.313. The lowest BCUT2D eigenvalue weighted by Gasteiger charge is -2.54. The van der Waals surface area contributed by atoms with Crippen LogP contribution in [0.15, 0.2) is 54.9 Å². The van der Waals surface area contributed by atoms with E-state index in [1.54, 1.807) is 27.7 Å². The number of aliphatic hydroxyl groups is 2. The van der Waals surface area contributed by atoms with E-state index in [1.165, 1.54) is 11.9 Å². The molecule has 0 saturated carbocycles. The molecule has 3 aliphatic rings. The largest absolute Gasteiger partial charge is 0.385 e. The first-order valence-corrected chi connectivity index (χ1v) is 15.2. The first kappa shape index (κ1) is 30.8. The van der Waals surface area contributed by atoms with Crippen LogP contribution in [0, 0.1) is 0 Å². The van der Waals surface area contributed by atoms with Gasteiger partial charge in [0.15, 0.2) is 11.6 Å². The van der Waals surface area contributed by atoms with Crippen molar-refractivity contribution in [1.82, 2.24) is 15.2 Å². The van der Waals surface area contributed by atoms with Crippen LogP contribution in [0.5, 0.6) is 0 Å². The van der Waals surface area contributed by atoms with Crippen molar-refractivity contribution in [2.45, 2.75) is 94.7 Å². The summed E-state index contributed by atoms with van der Waals surface area (Å²) in [6, 6.07) is 16.2. The Bertz CT molecular complexity index is 1430. The van der Waals surface area contributed by atoms with Gasteiger partial charge in [-0.25, -0.2) is 4.98 Å². The van der Waals surface area contributed by atoms with Crippen LogP contribution in [0.3, 0.4) is 0 Å². The maximum absolute atomic E-state index is 12.6. The van der Waals surface area contributed by atoms with E-state index in [1.807, 2.05) is 41.3 Å². The van der Waals surface area contributed by atoms with Crippen molar-refractivity contribution >= 4 is 11.6 Å². The summed E-state index contributed by atoms with van der Waals surface area (Å²) in [5.41, 5.74) is 1.12. The zero-order chi connectivity index (χ0) is 31.2. The van der Waals surface area contributed by atoms with Crippen LogP contribution in [0.25, 0.3) is 0 Å². The summed E-state index contributed by atoms with van der Waals surface area (Å²) in [5, 5.41) is 30.1. The van der Waals surface area contributed by atoms with Crippen LogP contribution in [0.1, 0.15) is 69.1 Å². The van der Waals surface area contributed by atoms with E-state index in [9.17, 15) is 15.0 Å². The molecule has 0 bridgehead atoms. The Morgan fingerprint density at radius 2 is 1.50 bits per heavy atom. The zero-order valence-corrected chi connectivity index (χ0v) is 25.8. The smallest absolute Gasteiger partial charge is 0.230 e. The fourth-order valence-corrected chi connectivity index (χ4v) is 6.16. The number of rotatable bonds is 9. The highest BCUT2D eigenvalue weighted by Crippen LogP contribution is 2.41. The Morgan fingerprint density at radius 3 is 2.14 bits per heavy atom. The Kier molecular flexibility index (Phi) is 8.14. The van der Waals surface area contributed by atoms with Gasteiger partial charge in [0, 0.05) is 12.1 Å². The maximum atomic E-state index is 12.6. The molecule has 6 rings (SSSR count). The van der Waals surface area contributed by atoms with Crippen molar-refractivity contribution in [3.8, 4) is 0 Å². The molecule has 44 heavy (non-hydrogen) atoms. The van der Waals surface area contributed by atoms with E-state index < -0.39 is 28.9 Å². The lowest BCUT2D eigenvalue weighted by atomic mass is 9.79. The molecule has 0 spiro atoms. The summed E-state index contributed by atoms with van der Waals surface area (Å²) in [5.74, 6) is -0.858. The number of anilines is 1. The molecule has 11 nitrogen and oxygen atoms in total. The van der Waals surface area contributed by atoms with Crippen molar-refractivity contribution in [2.24, 2.45) is 0 Å². The summed E-state index contributed by atoms with van der Waals surface area (Å²) >= 11 is 0. The number of aromatic nitrogens is 3. The van der Waals surface area contributed by atoms with Crippen molar-refractivity contribution < 1.29 is 34.0 Å². The molecule has 1 amide bonds. The van der Waals surface area contributed by atoms with Crippen LogP contribution < -0.4 is 4.90 Å². The molecule has 2 aromatic carbocycles. The molecule has 4 heterocycles. The van der Waals surface area contributed by atoms with E-state index in [2.05, 4.69) is 27.3 Å². The Balaban J connectivity index is 1.09. The Hall–Kier alpha value is -3.19. The molecule has 1 aromatic heterocycles. The minimum Gasteiger partial charge on any atom is -0.385 e. The summed E-state index contributed by atoms with van der Waals surface area (Å²) < 4.78 is 23.5. The van der Waals surface area contributed by atoms with Gasteiger partial charge in [0.1, 0.15) is 29.5 Å². The predicted octanol–water partition coefficient (Wildman–Crippen LogP) is 3.40. The summed E-state index contributed by atoms with van der Waals surface area (Å²) in [4.78, 5) is 18.7. The first-order chi connectivity index (χ1) is 20.8. The second kappa shape index (κ2) is 11.6. The van der Waals surface area contributed by atoms with Gasteiger partial charge in [-0.05, 0) is 75.8 Å². The maximum Gasteiger partial charge on any atom is 0.230 e. The molecular formula is C33H42N4O7. The number of nitrogens with one attached hydrogen (secondary N) is 1.